The molecular weight excluding hydrogens is 235 g/mol. The first-order valence-corrected chi connectivity index (χ1v) is 5.61. The van der Waals surface area contributed by atoms with Crippen LogP contribution in [0.5, 0.6) is 0 Å². The molecule has 0 aliphatic rings. The van der Waals surface area contributed by atoms with Crippen molar-refractivity contribution < 1.29 is 21.6 Å². The average molecular weight is 243 g/mol. The highest BCUT2D eigenvalue weighted by Crippen LogP contribution is 2.26. The predicted octanol–water partition coefficient (Wildman–Crippen LogP) is 0.885. The standard InChI is InChI=1S/C6H8F3N3O2S/c1-2-3-15(13,14)12-10-4-5(11-12)6(7,8)9/h4H,2-3H2,1H3. The number of hydrogen-bond acceptors (Lipinski definition) is 4. The first-order valence-electron chi connectivity index (χ1n) is 4.00. The molecule has 0 fully saturated rings. The molecule has 0 aromatic carbocycles. The smallest absolute Gasteiger partial charge is 0.203 e. The molecule has 0 saturated carbocycles. The lowest BCUT2D eigenvalue weighted by atomic mass is 10.5. The molecule has 0 atom stereocenters. The maximum atomic E-state index is 12.1. The molecule has 0 amide bonds. The minimum Gasteiger partial charge on any atom is -0.203 e. The van der Waals surface area contributed by atoms with Crippen molar-refractivity contribution >= 4 is 10.0 Å². The van der Waals surface area contributed by atoms with Gasteiger partial charge in [-0.05, 0) is 6.42 Å². The van der Waals surface area contributed by atoms with Gasteiger partial charge in [-0.15, -0.1) is 10.2 Å². The van der Waals surface area contributed by atoms with Gasteiger partial charge in [-0.1, -0.05) is 11.1 Å². The summed E-state index contributed by atoms with van der Waals surface area (Å²) in [5.74, 6) is -0.293. The first-order chi connectivity index (χ1) is 6.77. The highest BCUT2D eigenvalue weighted by molar-refractivity contribution is 7.89. The summed E-state index contributed by atoms with van der Waals surface area (Å²) in [5, 5.41) is 5.93. The lowest BCUT2D eigenvalue weighted by molar-refractivity contribution is -0.141. The number of aromatic nitrogens is 3. The van der Waals surface area contributed by atoms with Crippen LogP contribution in [0.25, 0.3) is 0 Å². The lowest BCUT2D eigenvalue weighted by Gasteiger charge is -2.01. The summed E-state index contributed by atoms with van der Waals surface area (Å²) in [6.45, 7) is 1.59. The van der Waals surface area contributed by atoms with Crippen LogP contribution in [0.1, 0.15) is 19.0 Å². The summed E-state index contributed by atoms with van der Waals surface area (Å²) < 4.78 is 58.8. The van der Waals surface area contributed by atoms with Crippen molar-refractivity contribution in [2.24, 2.45) is 0 Å². The molecule has 86 valence electrons. The van der Waals surface area contributed by atoms with Gasteiger partial charge in [0.05, 0.1) is 11.9 Å². The van der Waals surface area contributed by atoms with E-state index in [1.54, 1.807) is 6.92 Å². The van der Waals surface area contributed by atoms with Crippen molar-refractivity contribution in [1.29, 1.82) is 0 Å². The zero-order valence-corrected chi connectivity index (χ0v) is 8.51. The molecule has 0 N–H and O–H groups in total. The van der Waals surface area contributed by atoms with Gasteiger partial charge in [0, 0.05) is 0 Å². The Labute approximate surface area is 83.9 Å². The topological polar surface area (TPSA) is 64.8 Å². The number of rotatable bonds is 3. The maximum Gasteiger partial charge on any atom is 0.436 e. The van der Waals surface area contributed by atoms with Crippen LogP contribution in [0.3, 0.4) is 0 Å². The number of halogens is 3. The van der Waals surface area contributed by atoms with Crippen LogP contribution >= 0.6 is 0 Å². The lowest BCUT2D eigenvalue weighted by Crippen LogP contribution is -2.20. The molecule has 0 aliphatic carbocycles. The summed E-state index contributed by atoms with van der Waals surface area (Å²) in [6.07, 6.45) is -4.02. The van der Waals surface area contributed by atoms with E-state index < -0.39 is 21.9 Å². The van der Waals surface area contributed by atoms with Crippen LogP contribution in [-0.4, -0.2) is 28.6 Å². The van der Waals surface area contributed by atoms with E-state index in [2.05, 4.69) is 10.2 Å². The summed E-state index contributed by atoms with van der Waals surface area (Å²) in [4.78, 5) is 0. The first kappa shape index (κ1) is 12.0. The molecule has 0 saturated heterocycles. The Morgan fingerprint density at radius 2 is 2.07 bits per heavy atom. The van der Waals surface area contributed by atoms with E-state index in [9.17, 15) is 21.6 Å². The van der Waals surface area contributed by atoms with Crippen LogP contribution in [0, 0.1) is 0 Å². The maximum absolute atomic E-state index is 12.1. The monoisotopic (exact) mass is 243 g/mol. The normalized spacial score (nSPS) is 13.1. The second-order valence-corrected chi connectivity index (χ2v) is 4.67. The van der Waals surface area contributed by atoms with E-state index in [0.29, 0.717) is 6.20 Å². The van der Waals surface area contributed by atoms with Gasteiger partial charge in [-0.3, -0.25) is 0 Å². The van der Waals surface area contributed by atoms with Gasteiger partial charge >= 0.3 is 6.18 Å². The van der Waals surface area contributed by atoms with Gasteiger partial charge in [0.1, 0.15) is 0 Å². The third kappa shape index (κ3) is 2.67. The second kappa shape index (κ2) is 3.80. The van der Waals surface area contributed by atoms with E-state index in [1.165, 1.54) is 0 Å². The Morgan fingerprint density at radius 3 is 2.47 bits per heavy atom. The highest BCUT2D eigenvalue weighted by atomic mass is 32.2. The average Bonchev–Trinajstić information content (AvgIpc) is 2.50. The molecule has 0 radical (unpaired) electrons. The fourth-order valence-electron chi connectivity index (χ4n) is 0.851. The SMILES string of the molecule is CCCS(=O)(=O)n1ncc(C(F)(F)F)n1. The largest absolute Gasteiger partial charge is 0.436 e. The fourth-order valence-corrected chi connectivity index (χ4v) is 1.93. The molecule has 15 heavy (non-hydrogen) atoms. The number of nitrogens with zero attached hydrogens (tertiary/aromatic N) is 3. The molecule has 5 nitrogen and oxygen atoms in total. The minimum atomic E-state index is -4.68. The number of hydrogen-bond donors (Lipinski definition) is 0. The molecule has 0 bridgehead atoms. The van der Waals surface area contributed by atoms with Crippen LogP contribution in [0.15, 0.2) is 6.20 Å². The number of alkyl halides is 3. The van der Waals surface area contributed by atoms with Crippen LogP contribution in [0.4, 0.5) is 13.2 Å². The van der Waals surface area contributed by atoms with Gasteiger partial charge < -0.3 is 0 Å². The van der Waals surface area contributed by atoms with Gasteiger partial charge in [-0.25, -0.2) is 8.42 Å². The molecule has 1 rings (SSSR count). The molecule has 0 spiro atoms. The molecule has 1 heterocycles. The third-order valence-electron chi connectivity index (χ3n) is 1.47. The molecule has 0 unspecified atom stereocenters. The van der Waals surface area contributed by atoms with Gasteiger partial charge in [0.25, 0.3) is 10.0 Å². The molecular formula is C6H8F3N3O2S. The summed E-state index contributed by atoms with van der Waals surface area (Å²) in [7, 11) is -3.86. The summed E-state index contributed by atoms with van der Waals surface area (Å²) >= 11 is 0. The van der Waals surface area contributed by atoms with Crippen molar-refractivity contribution in [3.8, 4) is 0 Å². The van der Waals surface area contributed by atoms with Crippen molar-refractivity contribution in [3.05, 3.63) is 11.9 Å². The predicted molar refractivity (Wildman–Crippen MR) is 44.5 cm³/mol. The Hall–Kier alpha value is -1.12. The zero-order valence-electron chi connectivity index (χ0n) is 7.69. The van der Waals surface area contributed by atoms with Crippen LogP contribution in [-0.2, 0) is 16.2 Å². The van der Waals surface area contributed by atoms with E-state index in [4.69, 9.17) is 0 Å². The summed E-state index contributed by atoms with van der Waals surface area (Å²) in [5.41, 5.74) is -1.32. The van der Waals surface area contributed by atoms with Crippen LogP contribution in [0.2, 0.25) is 0 Å². The summed E-state index contributed by atoms with van der Waals surface area (Å²) in [6, 6.07) is 0. The highest BCUT2D eigenvalue weighted by Gasteiger charge is 2.35. The van der Waals surface area contributed by atoms with Gasteiger partial charge in [-0.2, -0.15) is 13.2 Å². The molecule has 9 heteroatoms. The van der Waals surface area contributed by atoms with Gasteiger partial charge in [0.15, 0.2) is 5.69 Å². The minimum absolute atomic E-state index is 0.110. The fraction of sp³-hybridized carbons (Fsp3) is 0.667. The second-order valence-electron chi connectivity index (χ2n) is 2.77. The van der Waals surface area contributed by atoms with E-state index in [0.717, 1.165) is 0 Å². The Bertz CT molecular complexity index is 437. The molecule has 0 aliphatic heterocycles. The van der Waals surface area contributed by atoms with Crippen molar-refractivity contribution in [3.63, 3.8) is 0 Å². The van der Waals surface area contributed by atoms with E-state index >= 15 is 0 Å². The Morgan fingerprint density at radius 1 is 1.47 bits per heavy atom. The quantitative estimate of drug-likeness (QED) is 0.790. The zero-order chi connectivity index (χ0) is 11.7. The molecule has 1 aromatic rings. The van der Waals surface area contributed by atoms with Crippen molar-refractivity contribution in [1.82, 2.24) is 14.4 Å². The van der Waals surface area contributed by atoms with E-state index in [-0.39, 0.29) is 16.4 Å². The Kier molecular flexibility index (Phi) is 3.03. The van der Waals surface area contributed by atoms with Crippen LogP contribution < -0.4 is 0 Å². The third-order valence-corrected chi connectivity index (χ3v) is 3.07. The van der Waals surface area contributed by atoms with E-state index in [1.807, 2.05) is 0 Å². The van der Waals surface area contributed by atoms with Crippen molar-refractivity contribution in [2.75, 3.05) is 5.75 Å². The van der Waals surface area contributed by atoms with Crippen molar-refractivity contribution in [2.45, 2.75) is 19.5 Å². The molecule has 1 aromatic heterocycles. The van der Waals surface area contributed by atoms with Gasteiger partial charge in [0.2, 0.25) is 0 Å². The Balaban J connectivity index is 3.05.